The second-order valence-corrected chi connectivity index (χ2v) is 29.4. The van der Waals surface area contributed by atoms with Crippen LogP contribution in [-0.4, -0.2) is 87.4 Å². The predicted molar refractivity (Wildman–Crippen MR) is 447 cm³/mol. The molecule has 588 valence electrons. The van der Waals surface area contributed by atoms with Crippen LogP contribution in [0, 0.1) is 0 Å². The van der Waals surface area contributed by atoms with Crippen molar-refractivity contribution >= 4 is 17.9 Å². The molecule has 9 heteroatoms. The molecule has 0 saturated carbocycles. The molecule has 0 radical (unpaired) electrons. The number of carbonyl (C=O) groups is 3. The van der Waals surface area contributed by atoms with Gasteiger partial charge >= 0.3 is 17.9 Å². The summed E-state index contributed by atoms with van der Waals surface area (Å²) in [6.45, 7) is 4.73. The number of rotatable bonds is 78. The average Bonchev–Trinajstić information content (AvgIpc) is 1.16. The van der Waals surface area contributed by atoms with Crippen LogP contribution < -0.4 is 0 Å². The van der Waals surface area contributed by atoms with Crippen LogP contribution in [0.15, 0.2) is 158 Å². The molecule has 0 aromatic rings. The van der Waals surface area contributed by atoms with Crippen LogP contribution in [0.1, 0.15) is 361 Å². The van der Waals surface area contributed by atoms with Gasteiger partial charge in [0.1, 0.15) is 13.2 Å². The Morgan fingerprint density at radius 3 is 0.835 bits per heavy atom. The Morgan fingerprint density at radius 1 is 0.301 bits per heavy atom. The monoisotopic (exact) mass is 1430 g/mol. The van der Waals surface area contributed by atoms with E-state index in [0.29, 0.717) is 23.9 Å². The summed E-state index contributed by atoms with van der Waals surface area (Å²) in [4.78, 5) is 37.8. The summed E-state index contributed by atoms with van der Waals surface area (Å²) >= 11 is 0. The summed E-state index contributed by atoms with van der Waals surface area (Å²) in [6, 6.07) is 0. The van der Waals surface area contributed by atoms with Crippen molar-refractivity contribution in [3.05, 3.63) is 158 Å². The van der Waals surface area contributed by atoms with Crippen LogP contribution in [-0.2, 0) is 33.3 Å². The molecule has 0 amide bonds. The third-order valence-electron chi connectivity index (χ3n) is 18.3. The van der Waals surface area contributed by atoms with Crippen molar-refractivity contribution in [1.29, 1.82) is 0 Å². The number of nitrogens with zero attached hydrogens (tertiary/aromatic N) is 1. The van der Waals surface area contributed by atoms with Gasteiger partial charge in [-0.25, -0.2) is 4.79 Å². The van der Waals surface area contributed by atoms with Crippen molar-refractivity contribution in [2.75, 3.05) is 47.5 Å². The second-order valence-electron chi connectivity index (χ2n) is 29.4. The zero-order valence-electron chi connectivity index (χ0n) is 67.4. The summed E-state index contributed by atoms with van der Waals surface area (Å²) in [5, 5.41) is 9.78. The third kappa shape index (κ3) is 84.1. The minimum atomic E-state index is -1.53. The van der Waals surface area contributed by atoms with Crippen molar-refractivity contribution in [3.8, 4) is 0 Å². The number of allylic oxidation sites excluding steroid dienone is 26. The first-order chi connectivity index (χ1) is 50.6. The second kappa shape index (κ2) is 82.6. The minimum absolute atomic E-state index is 0.175. The molecule has 2 atom stereocenters. The summed E-state index contributed by atoms with van der Waals surface area (Å²) in [6.07, 6.45) is 120. The van der Waals surface area contributed by atoms with E-state index < -0.39 is 24.3 Å². The highest BCUT2D eigenvalue weighted by molar-refractivity contribution is 5.71. The number of likely N-dealkylation sites (N-methyl/N-ethyl adjacent to an activating group) is 1. The number of aliphatic carboxylic acids is 1. The fraction of sp³-hybridized carbons (Fsp3) is 0.691. The molecular formula is C94H160NO8+. The van der Waals surface area contributed by atoms with Crippen LogP contribution in [0.4, 0.5) is 0 Å². The zero-order chi connectivity index (χ0) is 74.6. The van der Waals surface area contributed by atoms with Gasteiger partial charge in [0.15, 0.2) is 6.10 Å². The number of unbranched alkanes of at least 4 members (excludes halogenated alkanes) is 37. The standard InChI is InChI=1S/C94H159NO8/c1-6-8-10-12-14-16-18-20-22-24-26-28-30-32-34-36-38-40-42-44-45-46-47-49-50-52-54-56-58-60-62-64-66-68-70-72-74-76-78-80-82-84-91(96)101-88-90(89-102-94(93(98)99)100-87-86-95(3,4)5)103-92(97)85-83-81-79-77-75-73-71-69-67-65-63-61-59-57-55-53-51-48-43-41-39-37-35-33-31-29-27-25-23-21-19-17-15-13-11-9-7-2/h9,11,15,17-18,20-21,23-24,26-27,29,33,35,39,41,48,51,55,57,61,63,67,69,73,75,90,94H,6-8,10,12-14,16,19,22,25,28,30-32,34,36-38,40,42-47,49-50,52-54,56,58-60,62,64-66,68,70-72,74,76-89H2,1-5H3/p+1/b11-9-,17-15-,20-18-,23-21-,26-24-,29-27-,35-33-,41-39-,51-48-,57-55-,63-61-,69-67-,75-73-. The molecule has 0 bridgehead atoms. The maximum Gasteiger partial charge on any atom is 0.361 e. The van der Waals surface area contributed by atoms with Crippen molar-refractivity contribution in [3.63, 3.8) is 0 Å². The molecule has 0 aromatic carbocycles. The van der Waals surface area contributed by atoms with Crippen molar-refractivity contribution in [1.82, 2.24) is 0 Å². The fourth-order valence-corrected chi connectivity index (χ4v) is 11.8. The van der Waals surface area contributed by atoms with E-state index in [0.717, 1.165) is 116 Å². The fourth-order valence-electron chi connectivity index (χ4n) is 11.8. The number of hydrogen-bond donors (Lipinski definition) is 1. The molecule has 0 aliphatic carbocycles. The van der Waals surface area contributed by atoms with Crippen molar-refractivity contribution in [2.24, 2.45) is 0 Å². The molecule has 0 spiro atoms. The van der Waals surface area contributed by atoms with E-state index in [1.807, 2.05) is 21.1 Å². The molecule has 0 heterocycles. The van der Waals surface area contributed by atoms with Crippen LogP contribution in [0.2, 0.25) is 0 Å². The topological polar surface area (TPSA) is 108 Å². The lowest BCUT2D eigenvalue weighted by Gasteiger charge is -2.25. The largest absolute Gasteiger partial charge is 0.477 e. The molecular weight excluding hydrogens is 1270 g/mol. The first kappa shape index (κ1) is 97.9. The minimum Gasteiger partial charge on any atom is -0.477 e. The van der Waals surface area contributed by atoms with Gasteiger partial charge in [-0.15, -0.1) is 0 Å². The molecule has 9 nitrogen and oxygen atoms in total. The van der Waals surface area contributed by atoms with E-state index in [4.69, 9.17) is 18.9 Å². The Hall–Kier alpha value is -5.09. The third-order valence-corrected chi connectivity index (χ3v) is 18.3. The number of esters is 2. The van der Waals surface area contributed by atoms with Crippen molar-refractivity contribution < 1.29 is 42.9 Å². The smallest absolute Gasteiger partial charge is 0.361 e. The number of ether oxygens (including phenoxy) is 4. The van der Waals surface area contributed by atoms with Crippen LogP contribution in [0.5, 0.6) is 0 Å². The Kier molecular flexibility index (Phi) is 78.5. The number of quaternary nitrogens is 1. The van der Waals surface area contributed by atoms with Gasteiger partial charge in [0, 0.05) is 12.8 Å². The Morgan fingerprint density at radius 2 is 0.553 bits per heavy atom. The van der Waals surface area contributed by atoms with Crippen molar-refractivity contribution in [2.45, 2.75) is 373 Å². The maximum atomic E-state index is 13.0. The van der Waals surface area contributed by atoms with Crippen LogP contribution >= 0.6 is 0 Å². The molecule has 0 aromatic heterocycles. The number of carbonyl (C=O) groups excluding carboxylic acids is 2. The molecule has 0 rings (SSSR count). The first-order valence-electron chi connectivity index (χ1n) is 42.6. The van der Waals surface area contributed by atoms with E-state index in [1.165, 1.54) is 212 Å². The van der Waals surface area contributed by atoms with E-state index in [-0.39, 0.29) is 32.2 Å². The summed E-state index contributed by atoms with van der Waals surface area (Å²) in [5.41, 5.74) is 0. The lowest BCUT2D eigenvalue weighted by Crippen LogP contribution is -2.40. The quantitative estimate of drug-likeness (QED) is 0.0211. The maximum absolute atomic E-state index is 13.0. The zero-order valence-corrected chi connectivity index (χ0v) is 67.4. The average molecular weight is 1430 g/mol. The van der Waals surface area contributed by atoms with Gasteiger partial charge in [0.25, 0.3) is 6.29 Å². The van der Waals surface area contributed by atoms with Gasteiger partial charge in [-0.2, -0.15) is 0 Å². The lowest BCUT2D eigenvalue weighted by molar-refractivity contribution is -0.870. The molecule has 0 aliphatic heterocycles. The number of hydrogen-bond acceptors (Lipinski definition) is 7. The lowest BCUT2D eigenvalue weighted by atomic mass is 10.0. The Balaban J connectivity index is 4.07. The summed E-state index contributed by atoms with van der Waals surface area (Å²) in [5.74, 6) is -2.05. The van der Waals surface area contributed by atoms with Crippen LogP contribution in [0.25, 0.3) is 0 Å². The highest BCUT2D eigenvalue weighted by Gasteiger charge is 2.25. The Labute approximate surface area is 635 Å². The van der Waals surface area contributed by atoms with E-state index in [2.05, 4.69) is 172 Å². The molecule has 0 fully saturated rings. The van der Waals surface area contributed by atoms with Gasteiger partial charge < -0.3 is 28.5 Å². The molecule has 2 unspecified atom stereocenters. The molecule has 1 N–H and O–H groups in total. The van der Waals surface area contributed by atoms with Crippen LogP contribution in [0.3, 0.4) is 0 Å². The Bertz CT molecular complexity index is 2270. The SMILES string of the molecule is CC/C=C\C/C=C\C/C=C\C/C=C\C/C=C\C/C=C\C/C=C\C/C=C\C/C=C\C/C=C\C/C=C\CCCCCC(=O)OC(COC(=O)CCCCCCCCCCCCCCCCCCCCCCCCCCCCCCC/C=C\C/C=C\CCCCCCC)COC(OCC[N+](C)(C)C)C(=O)O. The number of carboxylic acids is 1. The summed E-state index contributed by atoms with van der Waals surface area (Å²) in [7, 11) is 5.97. The van der Waals surface area contributed by atoms with E-state index in [9.17, 15) is 19.5 Å². The normalized spacial score (nSPS) is 13.4. The predicted octanol–water partition coefficient (Wildman–Crippen LogP) is 27.9. The van der Waals surface area contributed by atoms with Gasteiger partial charge in [0.05, 0.1) is 34.4 Å². The highest BCUT2D eigenvalue weighted by Crippen LogP contribution is 2.19. The first-order valence-corrected chi connectivity index (χ1v) is 42.6. The molecule has 103 heavy (non-hydrogen) atoms. The van der Waals surface area contributed by atoms with Gasteiger partial charge in [-0.3, -0.25) is 9.59 Å². The number of carboxylic acid groups (broad SMARTS) is 1. The van der Waals surface area contributed by atoms with Gasteiger partial charge in [0.2, 0.25) is 0 Å². The van der Waals surface area contributed by atoms with E-state index in [1.54, 1.807) is 0 Å². The van der Waals surface area contributed by atoms with Gasteiger partial charge in [-0.1, -0.05) is 377 Å². The highest BCUT2D eigenvalue weighted by atomic mass is 16.7. The summed E-state index contributed by atoms with van der Waals surface area (Å²) < 4.78 is 23.0. The molecule has 0 saturated heterocycles. The van der Waals surface area contributed by atoms with E-state index >= 15 is 0 Å². The molecule has 0 aliphatic rings. The van der Waals surface area contributed by atoms with Gasteiger partial charge in [-0.05, 0) is 128 Å².